The highest BCUT2D eigenvalue weighted by Crippen LogP contribution is 2.30. The fraction of sp³-hybridized carbons (Fsp3) is 0.154. The van der Waals surface area contributed by atoms with Crippen LogP contribution in [-0.4, -0.2) is 6.61 Å². The molecule has 3 heteroatoms. The van der Waals surface area contributed by atoms with E-state index in [0.29, 0.717) is 12.2 Å². The van der Waals surface area contributed by atoms with Crippen molar-refractivity contribution in [2.45, 2.75) is 6.92 Å². The molecule has 0 N–H and O–H groups in total. The fourth-order valence-electron chi connectivity index (χ4n) is 1.93. The van der Waals surface area contributed by atoms with Crippen LogP contribution in [0.3, 0.4) is 0 Å². The van der Waals surface area contributed by atoms with Crippen molar-refractivity contribution < 1.29 is 9.15 Å². The average molecular weight is 214 g/mol. The molecular weight excluding hydrogens is 204 g/mol. The van der Waals surface area contributed by atoms with Gasteiger partial charge in [0.2, 0.25) is 0 Å². The van der Waals surface area contributed by atoms with Crippen molar-refractivity contribution in [1.29, 1.82) is 0 Å². The van der Waals surface area contributed by atoms with Gasteiger partial charge in [0, 0.05) is 17.0 Å². The van der Waals surface area contributed by atoms with Crippen LogP contribution in [0.15, 0.2) is 33.5 Å². The van der Waals surface area contributed by atoms with Crippen molar-refractivity contribution in [2.24, 2.45) is 0 Å². The van der Waals surface area contributed by atoms with Gasteiger partial charge in [0.25, 0.3) is 0 Å². The van der Waals surface area contributed by atoms with E-state index in [4.69, 9.17) is 9.15 Å². The van der Waals surface area contributed by atoms with E-state index in [1.807, 2.05) is 31.2 Å². The quantitative estimate of drug-likeness (QED) is 0.632. The SMILES string of the molecule is Cc1cc(=O)oc2cc3c(cc12)OCC=C3. The van der Waals surface area contributed by atoms with Gasteiger partial charge >= 0.3 is 5.63 Å². The first-order valence-corrected chi connectivity index (χ1v) is 5.12. The summed E-state index contributed by atoms with van der Waals surface area (Å²) in [5, 5.41) is 0.925. The second-order valence-electron chi connectivity index (χ2n) is 3.85. The van der Waals surface area contributed by atoms with E-state index in [1.165, 1.54) is 6.07 Å². The zero-order chi connectivity index (χ0) is 11.1. The summed E-state index contributed by atoms with van der Waals surface area (Å²) < 4.78 is 10.7. The van der Waals surface area contributed by atoms with E-state index >= 15 is 0 Å². The topological polar surface area (TPSA) is 39.4 Å². The van der Waals surface area contributed by atoms with Crippen molar-refractivity contribution in [1.82, 2.24) is 0 Å². The molecule has 0 aliphatic carbocycles. The Hall–Kier alpha value is -2.03. The van der Waals surface area contributed by atoms with Crippen LogP contribution >= 0.6 is 0 Å². The maximum Gasteiger partial charge on any atom is 0.336 e. The second-order valence-corrected chi connectivity index (χ2v) is 3.85. The molecule has 0 amide bonds. The van der Waals surface area contributed by atoms with Crippen LogP contribution in [0.4, 0.5) is 0 Å². The first-order chi connectivity index (χ1) is 7.74. The summed E-state index contributed by atoms with van der Waals surface area (Å²) in [5.41, 5.74) is 2.16. The van der Waals surface area contributed by atoms with E-state index in [1.54, 1.807) is 0 Å². The van der Waals surface area contributed by atoms with E-state index in [0.717, 1.165) is 22.3 Å². The number of hydrogen-bond donors (Lipinski definition) is 0. The normalized spacial score (nSPS) is 13.6. The zero-order valence-corrected chi connectivity index (χ0v) is 8.82. The molecule has 0 atom stereocenters. The maximum absolute atomic E-state index is 11.3. The highest BCUT2D eigenvalue weighted by Gasteiger charge is 2.10. The Balaban J connectivity index is 2.41. The summed E-state index contributed by atoms with van der Waals surface area (Å²) in [6.45, 7) is 2.48. The summed E-state index contributed by atoms with van der Waals surface area (Å²) >= 11 is 0. The van der Waals surface area contributed by atoms with Gasteiger partial charge in [-0.15, -0.1) is 0 Å². The Morgan fingerprint density at radius 2 is 2.12 bits per heavy atom. The highest BCUT2D eigenvalue weighted by molar-refractivity contribution is 5.85. The fourth-order valence-corrected chi connectivity index (χ4v) is 1.93. The maximum atomic E-state index is 11.3. The summed E-state index contributed by atoms with van der Waals surface area (Å²) in [6.07, 6.45) is 3.91. The Kier molecular flexibility index (Phi) is 1.86. The molecular formula is C13H10O3. The predicted molar refractivity (Wildman–Crippen MR) is 61.8 cm³/mol. The number of rotatable bonds is 0. The molecule has 3 rings (SSSR count). The molecule has 80 valence electrons. The number of aryl methyl sites for hydroxylation is 1. The lowest BCUT2D eigenvalue weighted by Gasteiger charge is -2.13. The van der Waals surface area contributed by atoms with Crippen LogP contribution in [0.2, 0.25) is 0 Å². The lowest BCUT2D eigenvalue weighted by molar-refractivity contribution is 0.359. The summed E-state index contributed by atoms with van der Waals surface area (Å²) in [4.78, 5) is 11.3. The Labute approximate surface area is 92.0 Å². The molecule has 16 heavy (non-hydrogen) atoms. The monoisotopic (exact) mass is 214 g/mol. The summed E-state index contributed by atoms with van der Waals surface area (Å²) in [6, 6.07) is 5.26. The van der Waals surface area contributed by atoms with Crippen LogP contribution < -0.4 is 10.4 Å². The first kappa shape index (κ1) is 9.21. The van der Waals surface area contributed by atoms with E-state index < -0.39 is 0 Å². The largest absolute Gasteiger partial charge is 0.489 e. The third-order valence-corrected chi connectivity index (χ3v) is 2.71. The third kappa shape index (κ3) is 1.33. The van der Waals surface area contributed by atoms with Crippen LogP contribution in [0.25, 0.3) is 17.0 Å². The second kappa shape index (κ2) is 3.23. The number of ether oxygens (including phenoxy) is 1. The van der Waals surface area contributed by atoms with Gasteiger partial charge in [0.15, 0.2) is 0 Å². The van der Waals surface area contributed by atoms with Crippen molar-refractivity contribution in [3.8, 4) is 5.75 Å². The van der Waals surface area contributed by atoms with Gasteiger partial charge in [-0.25, -0.2) is 4.79 Å². The molecule has 2 aromatic rings. The Morgan fingerprint density at radius 3 is 3.00 bits per heavy atom. The molecule has 1 aromatic heterocycles. The lowest BCUT2D eigenvalue weighted by Crippen LogP contribution is -2.02. The van der Waals surface area contributed by atoms with Gasteiger partial charge in [-0.1, -0.05) is 6.08 Å². The minimum atomic E-state index is -0.314. The van der Waals surface area contributed by atoms with E-state index in [-0.39, 0.29) is 5.63 Å². The molecule has 0 saturated carbocycles. The minimum absolute atomic E-state index is 0.314. The molecule has 0 fully saturated rings. The number of fused-ring (bicyclic) bond motifs is 2. The average Bonchev–Trinajstić information content (AvgIpc) is 2.27. The Bertz CT molecular complexity index is 650. The molecule has 0 spiro atoms. The molecule has 0 unspecified atom stereocenters. The van der Waals surface area contributed by atoms with Crippen LogP contribution in [0.1, 0.15) is 11.1 Å². The molecule has 1 aliphatic rings. The van der Waals surface area contributed by atoms with Crippen molar-refractivity contribution in [3.63, 3.8) is 0 Å². The predicted octanol–water partition coefficient (Wildman–Crippen LogP) is 2.51. The lowest BCUT2D eigenvalue weighted by atomic mass is 10.1. The third-order valence-electron chi connectivity index (χ3n) is 2.71. The zero-order valence-electron chi connectivity index (χ0n) is 8.82. The molecule has 0 radical (unpaired) electrons. The molecule has 1 aliphatic heterocycles. The van der Waals surface area contributed by atoms with Crippen LogP contribution in [-0.2, 0) is 0 Å². The molecule has 3 nitrogen and oxygen atoms in total. The van der Waals surface area contributed by atoms with Gasteiger partial charge in [-0.2, -0.15) is 0 Å². The number of benzene rings is 1. The van der Waals surface area contributed by atoms with E-state index in [9.17, 15) is 4.79 Å². The minimum Gasteiger partial charge on any atom is -0.489 e. The molecule has 1 aromatic carbocycles. The van der Waals surface area contributed by atoms with Gasteiger partial charge in [-0.05, 0) is 30.7 Å². The summed E-state index contributed by atoms with van der Waals surface area (Å²) in [7, 11) is 0. The molecule has 2 heterocycles. The van der Waals surface area contributed by atoms with Gasteiger partial charge in [0.05, 0.1) is 0 Å². The van der Waals surface area contributed by atoms with Gasteiger partial charge < -0.3 is 9.15 Å². The summed E-state index contributed by atoms with van der Waals surface area (Å²) in [5.74, 6) is 0.840. The van der Waals surface area contributed by atoms with Crippen molar-refractivity contribution >= 4 is 17.0 Å². The Morgan fingerprint density at radius 1 is 1.25 bits per heavy atom. The molecule has 0 bridgehead atoms. The standard InChI is InChI=1S/C13H10O3/c1-8-5-13(14)16-12-6-9-3-2-4-15-11(9)7-10(8)12/h2-3,5-7H,4H2,1H3. The number of hydrogen-bond acceptors (Lipinski definition) is 3. The first-order valence-electron chi connectivity index (χ1n) is 5.12. The highest BCUT2D eigenvalue weighted by atomic mass is 16.5. The van der Waals surface area contributed by atoms with E-state index in [2.05, 4.69) is 0 Å². The molecule has 0 saturated heterocycles. The van der Waals surface area contributed by atoms with Gasteiger partial charge in [0.1, 0.15) is 17.9 Å². The van der Waals surface area contributed by atoms with Crippen molar-refractivity contribution in [3.05, 3.63) is 45.8 Å². The smallest absolute Gasteiger partial charge is 0.336 e. The van der Waals surface area contributed by atoms with Gasteiger partial charge in [-0.3, -0.25) is 0 Å². The van der Waals surface area contributed by atoms with Crippen molar-refractivity contribution in [2.75, 3.05) is 6.61 Å². The van der Waals surface area contributed by atoms with Crippen LogP contribution in [0, 0.1) is 6.92 Å². The van der Waals surface area contributed by atoms with Crippen LogP contribution in [0.5, 0.6) is 5.75 Å².